The minimum absolute atomic E-state index is 0.412. The van der Waals surface area contributed by atoms with Crippen LogP contribution in [-0.2, 0) is 5.60 Å². The van der Waals surface area contributed by atoms with Crippen LogP contribution in [0, 0.1) is 11.3 Å². The second-order valence-electron chi connectivity index (χ2n) is 5.03. The Morgan fingerprint density at radius 2 is 1.90 bits per heavy atom. The van der Waals surface area contributed by atoms with E-state index in [2.05, 4.69) is 6.07 Å². The SMILES string of the molecule is CC(O)(c1ccc(C#N)cc1)c1cc2cccc(Cl)c2o1. The van der Waals surface area contributed by atoms with E-state index >= 15 is 0 Å². The van der Waals surface area contributed by atoms with Crippen molar-refractivity contribution in [3.63, 3.8) is 0 Å². The van der Waals surface area contributed by atoms with Crippen LogP contribution >= 0.6 is 11.6 Å². The van der Waals surface area contributed by atoms with E-state index in [1.807, 2.05) is 12.1 Å². The lowest BCUT2D eigenvalue weighted by Crippen LogP contribution is -2.21. The van der Waals surface area contributed by atoms with Crippen LogP contribution in [0.1, 0.15) is 23.8 Å². The molecule has 0 aliphatic heterocycles. The van der Waals surface area contributed by atoms with Crippen LogP contribution in [0.25, 0.3) is 11.0 Å². The standard InChI is InChI=1S/C17H12ClNO2/c1-17(20,13-7-5-11(10-19)6-8-13)15-9-12-3-2-4-14(18)16(12)21-15/h2-9,20H,1H3. The normalized spacial score (nSPS) is 13.8. The van der Waals surface area contributed by atoms with Gasteiger partial charge in [0.05, 0.1) is 16.7 Å². The Balaban J connectivity index is 2.10. The zero-order chi connectivity index (χ0) is 15.0. The molecule has 0 spiro atoms. The third-order valence-electron chi connectivity index (χ3n) is 3.55. The zero-order valence-corrected chi connectivity index (χ0v) is 12.1. The summed E-state index contributed by atoms with van der Waals surface area (Å²) in [6.45, 7) is 1.65. The van der Waals surface area contributed by atoms with Gasteiger partial charge in [-0.1, -0.05) is 35.9 Å². The summed E-state index contributed by atoms with van der Waals surface area (Å²) in [5.41, 5.74) is 0.457. The third-order valence-corrected chi connectivity index (χ3v) is 3.85. The van der Waals surface area contributed by atoms with Gasteiger partial charge in [0.15, 0.2) is 5.58 Å². The summed E-state index contributed by atoms with van der Waals surface area (Å²) in [6.07, 6.45) is 0. The minimum Gasteiger partial charge on any atom is -0.456 e. The molecule has 1 aromatic heterocycles. The number of aliphatic hydroxyl groups is 1. The summed E-state index contributed by atoms with van der Waals surface area (Å²) >= 11 is 6.09. The topological polar surface area (TPSA) is 57.2 Å². The summed E-state index contributed by atoms with van der Waals surface area (Å²) in [7, 11) is 0. The quantitative estimate of drug-likeness (QED) is 0.770. The molecule has 0 aliphatic carbocycles. The van der Waals surface area contributed by atoms with Gasteiger partial charge in [0.2, 0.25) is 0 Å². The molecule has 1 N–H and O–H groups in total. The molecule has 4 heteroatoms. The predicted octanol–water partition coefficient (Wildman–Crippen LogP) is 4.21. The maximum atomic E-state index is 10.8. The first-order valence-corrected chi connectivity index (χ1v) is 6.82. The molecule has 0 saturated heterocycles. The highest BCUT2D eigenvalue weighted by molar-refractivity contribution is 6.34. The second kappa shape index (κ2) is 4.92. The molecule has 3 nitrogen and oxygen atoms in total. The molecule has 1 heterocycles. The molecule has 0 fully saturated rings. The van der Waals surface area contributed by atoms with Gasteiger partial charge >= 0.3 is 0 Å². The highest BCUT2D eigenvalue weighted by Gasteiger charge is 2.30. The van der Waals surface area contributed by atoms with Crippen LogP contribution in [0.5, 0.6) is 0 Å². The Bertz CT molecular complexity index is 841. The maximum Gasteiger partial charge on any atom is 0.153 e. The Morgan fingerprint density at radius 3 is 2.52 bits per heavy atom. The predicted molar refractivity (Wildman–Crippen MR) is 81.1 cm³/mol. The number of rotatable bonds is 2. The molecule has 0 radical (unpaired) electrons. The first kappa shape index (κ1) is 13.7. The van der Waals surface area contributed by atoms with Gasteiger partial charge in [-0.3, -0.25) is 0 Å². The van der Waals surface area contributed by atoms with Crippen molar-refractivity contribution >= 4 is 22.6 Å². The Labute approximate surface area is 127 Å². The molecule has 0 saturated carbocycles. The van der Waals surface area contributed by atoms with Crippen LogP contribution in [0.15, 0.2) is 52.9 Å². The van der Waals surface area contributed by atoms with Gasteiger partial charge in [0.1, 0.15) is 11.4 Å². The van der Waals surface area contributed by atoms with Gasteiger partial charge in [-0.2, -0.15) is 5.26 Å². The number of para-hydroxylation sites is 1. The van der Waals surface area contributed by atoms with E-state index in [0.717, 1.165) is 5.39 Å². The first-order chi connectivity index (χ1) is 10.0. The molecule has 104 valence electrons. The summed E-state index contributed by atoms with van der Waals surface area (Å²) in [5.74, 6) is 0.412. The van der Waals surface area contributed by atoms with Crippen LogP contribution < -0.4 is 0 Å². The van der Waals surface area contributed by atoms with Crippen molar-refractivity contribution in [3.05, 3.63) is 70.4 Å². The van der Waals surface area contributed by atoms with Crippen LogP contribution in [0.4, 0.5) is 0 Å². The lowest BCUT2D eigenvalue weighted by molar-refractivity contribution is 0.0786. The van der Waals surface area contributed by atoms with Crippen molar-refractivity contribution < 1.29 is 9.52 Å². The Hall–Kier alpha value is -2.28. The molecule has 0 amide bonds. The second-order valence-corrected chi connectivity index (χ2v) is 5.44. The highest BCUT2D eigenvalue weighted by Crippen LogP contribution is 2.35. The molecular weight excluding hydrogens is 286 g/mol. The molecular formula is C17H12ClNO2. The van der Waals surface area contributed by atoms with Crippen molar-refractivity contribution in [1.29, 1.82) is 5.26 Å². The molecule has 3 aromatic rings. The minimum atomic E-state index is -1.30. The summed E-state index contributed by atoms with van der Waals surface area (Å²) in [5, 5.41) is 21.0. The Kier molecular flexibility index (Phi) is 3.21. The number of fused-ring (bicyclic) bond motifs is 1. The molecule has 3 rings (SSSR count). The smallest absolute Gasteiger partial charge is 0.153 e. The molecule has 1 unspecified atom stereocenters. The monoisotopic (exact) mass is 297 g/mol. The lowest BCUT2D eigenvalue weighted by Gasteiger charge is -2.21. The molecule has 0 bridgehead atoms. The summed E-state index contributed by atoms with van der Waals surface area (Å²) in [6, 6.07) is 16.0. The fourth-order valence-corrected chi connectivity index (χ4v) is 2.50. The van der Waals surface area contributed by atoms with Gasteiger partial charge < -0.3 is 9.52 Å². The average molecular weight is 298 g/mol. The van der Waals surface area contributed by atoms with E-state index in [4.69, 9.17) is 21.3 Å². The van der Waals surface area contributed by atoms with Crippen molar-refractivity contribution in [2.75, 3.05) is 0 Å². The van der Waals surface area contributed by atoms with Gasteiger partial charge in [0.25, 0.3) is 0 Å². The van der Waals surface area contributed by atoms with E-state index in [0.29, 0.717) is 27.5 Å². The van der Waals surface area contributed by atoms with Crippen LogP contribution in [0.3, 0.4) is 0 Å². The highest BCUT2D eigenvalue weighted by atomic mass is 35.5. The van der Waals surface area contributed by atoms with Gasteiger partial charge in [-0.25, -0.2) is 0 Å². The summed E-state index contributed by atoms with van der Waals surface area (Å²) in [4.78, 5) is 0. The van der Waals surface area contributed by atoms with E-state index < -0.39 is 5.60 Å². The maximum absolute atomic E-state index is 10.8. The number of hydrogen-bond donors (Lipinski definition) is 1. The zero-order valence-electron chi connectivity index (χ0n) is 11.3. The van der Waals surface area contributed by atoms with Crippen LogP contribution in [-0.4, -0.2) is 5.11 Å². The van der Waals surface area contributed by atoms with E-state index in [9.17, 15) is 5.11 Å². The molecule has 21 heavy (non-hydrogen) atoms. The fourth-order valence-electron chi connectivity index (χ4n) is 2.28. The number of furan rings is 1. The van der Waals surface area contributed by atoms with E-state index in [1.54, 1.807) is 43.3 Å². The molecule has 0 aliphatic rings. The average Bonchev–Trinajstić information content (AvgIpc) is 2.94. The lowest BCUT2D eigenvalue weighted by atomic mass is 9.92. The molecule has 1 atom stereocenters. The largest absolute Gasteiger partial charge is 0.456 e. The third kappa shape index (κ3) is 2.29. The Morgan fingerprint density at radius 1 is 1.19 bits per heavy atom. The first-order valence-electron chi connectivity index (χ1n) is 6.44. The van der Waals surface area contributed by atoms with Gasteiger partial charge in [-0.15, -0.1) is 0 Å². The number of nitriles is 1. The van der Waals surface area contributed by atoms with E-state index in [1.165, 1.54) is 0 Å². The van der Waals surface area contributed by atoms with E-state index in [-0.39, 0.29) is 0 Å². The van der Waals surface area contributed by atoms with Gasteiger partial charge in [0, 0.05) is 5.39 Å². The van der Waals surface area contributed by atoms with Crippen LogP contribution in [0.2, 0.25) is 5.02 Å². The van der Waals surface area contributed by atoms with Crippen molar-refractivity contribution in [1.82, 2.24) is 0 Å². The van der Waals surface area contributed by atoms with Crippen molar-refractivity contribution in [2.24, 2.45) is 0 Å². The van der Waals surface area contributed by atoms with Gasteiger partial charge in [-0.05, 0) is 36.8 Å². The number of benzene rings is 2. The number of hydrogen-bond acceptors (Lipinski definition) is 3. The summed E-state index contributed by atoms with van der Waals surface area (Å²) < 4.78 is 5.73. The number of nitrogens with zero attached hydrogens (tertiary/aromatic N) is 1. The molecule has 2 aromatic carbocycles. The fraction of sp³-hybridized carbons (Fsp3) is 0.118. The van der Waals surface area contributed by atoms with Crippen molar-refractivity contribution in [2.45, 2.75) is 12.5 Å². The van der Waals surface area contributed by atoms with Crippen molar-refractivity contribution in [3.8, 4) is 6.07 Å². The number of halogens is 1.